The van der Waals surface area contributed by atoms with Crippen molar-refractivity contribution in [2.45, 2.75) is 83.7 Å². The second-order valence-electron chi connectivity index (χ2n) is 8.58. The largest absolute Gasteiger partial charge is 0.288 e. The number of piperidine rings is 2. The number of aryl methyl sites for hydroxylation is 1. The molecule has 0 spiro atoms. The molecule has 2 aliphatic rings. The first-order valence-corrected chi connectivity index (χ1v) is 11.4. The van der Waals surface area contributed by atoms with E-state index in [9.17, 15) is 0 Å². The van der Waals surface area contributed by atoms with Crippen LogP contribution in [0.15, 0.2) is 30.3 Å². The fourth-order valence-electron chi connectivity index (χ4n) is 4.98. The summed E-state index contributed by atoms with van der Waals surface area (Å²) >= 11 is 0. The van der Waals surface area contributed by atoms with Crippen molar-refractivity contribution in [1.82, 2.24) is 9.80 Å². The van der Waals surface area contributed by atoms with Gasteiger partial charge in [0.1, 0.15) is 0 Å². The quantitative estimate of drug-likeness (QED) is 0.558. The standard InChI is InChI=1S/C24H40N2/c1-2-3-15-24(25-18-8-5-9-19-25)26-20-16-23(17-21-26)14-10-13-22-11-6-4-7-12-22/h4,6-7,11-12,23-24H,2-3,5,8-10,13-21H2,1H3. The molecule has 2 nitrogen and oxygen atoms in total. The maximum absolute atomic E-state index is 2.84. The molecule has 2 saturated heterocycles. The Balaban J connectivity index is 1.41. The third kappa shape index (κ3) is 6.09. The summed E-state index contributed by atoms with van der Waals surface area (Å²) in [6.07, 6.45) is 16.0. The maximum Gasteiger partial charge on any atom is 0.0622 e. The van der Waals surface area contributed by atoms with Gasteiger partial charge in [0.25, 0.3) is 0 Å². The first-order valence-electron chi connectivity index (χ1n) is 11.4. The summed E-state index contributed by atoms with van der Waals surface area (Å²) in [5.41, 5.74) is 1.51. The first kappa shape index (κ1) is 19.9. The third-order valence-corrected chi connectivity index (χ3v) is 6.62. The van der Waals surface area contributed by atoms with Gasteiger partial charge in [-0.25, -0.2) is 0 Å². The summed E-state index contributed by atoms with van der Waals surface area (Å²) in [7, 11) is 0. The molecule has 2 heteroatoms. The van der Waals surface area contributed by atoms with Crippen LogP contribution in [-0.4, -0.2) is 42.1 Å². The maximum atomic E-state index is 2.84. The Bertz CT molecular complexity index is 472. The third-order valence-electron chi connectivity index (χ3n) is 6.62. The molecule has 1 aromatic rings. The minimum absolute atomic E-state index is 0.737. The van der Waals surface area contributed by atoms with Gasteiger partial charge in [-0.05, 0) is 82.6 Å². The van der Waals surface area contributed by atoms with Crippen LogP contribution in [0.1, 0.15) is 76.7 Å². The Kier molecular flexibility index (Phi) is 8.48. The molecule has 146 valence electrons. The van der Waals surface area contributed by atoms with Crippen LogP contribution in [0.2, 0.25) is 0 Å². The Hall–Kier alpha value is -0.860. The smallest absolute Gasteiger partial charge is 0.0622 e. The van der Waals surface area contributed by atoms with E-state index in [1.54, 1.807) is 0 Å². The van der Waals surface area contributed by atoms with Crippen molar-refractivity contribution >= 4 is 0 Å². The van der Waals surface area contributed by atoms with Crippen molar-refractivity contribution in [1.29, 1.82) is 0 Å². The van der Waals surface area contributed by atoms with E-state index in [0.29, 0.717) is 0 Å². The number of unbranched alkanes of at least 4 members (excludes halogenated alkanes) is 1. The fourth-order valence-corrected chi connectivity index (χ4v) is 4.98. The van der Waals surface area contributed by atoms with E-state index >= 15 is 0 Å². The highest BCUT2D eigenvalue weighted by molar-refractivity contribution is 5.14. The van der Waals surface area contributed by atoms with E-state index in [0.717, 1.165) is 12.1 Å². The normalized spacial score (nSPS) is 21.7. The van der Waals surface area contributed by atoms with E-state index in [1.165, 1.54) is 102 Å². The molecule has 0 aliphatic carbocycles. The average molecular weight is 357 g/mol. The lowest BCUT2D eigenvalue weighted by Gasteiger charge is -2.44. The Morgan fingerprint density at radius 3 is 2.27 bits per heavy atom. The van der Waals surface area contributed by atoms with Gasteiger partial charge >= 0.3 is 0 Å². The topological polar surface area (TPSA) is 6.48 Å². The SMILES string of the molecule is CCCCC(N1CCCCC1)N1CCC(CCCc2ccccc2)CC1. The van der Waals surface area contributed by atoms with Crippen LogP contribution >= 0.6 is 0 Å². The first-order chi connectivity index (χ1) is 12.9. The lowest BCUT2D eigenvalue weighted by molar-refractivity contribution is 0.000843. The van der Waals surface area contributed by atoms with Crippen LogP contribution in [0.4, 0.5) is 0 Å². The van der Waals surface area contributed by atoms with E-state index in [-0.39, 0.29) is 0 Å². The van der Waals surface area contributed by atoms with Crippen LogP contribution in [0.25, 0.3) is 0 Å². The van der Waals surface area contributed by atoms with Crippen molar-refractivity contribution in [2.75, 3.05) is 26.2 Å². The van der Waals surface area contributed by atoms with Crippen molar-refractivity contribution in [3.63, 3.8) is 0 Å². The zero-order valence-corrected chi connectivity index (χ0v) is 17.0. The van der Waals surface area contributed by atoms with E-state index in [1.807, 2.05) is 0 Å². The molecular formula is C24H40N2. The molecular weight excluding hydrogens is 316 g/mol. The van der Waals surface area contributed by atoms with Gasteiger partial charge < -0.3 is 0 Å². The monoisotopic (exact) mass is 356 g/mol. The van der Waals surface area contributed by atoms with Crippen molar-refractivity contribution < 1.29 is 0 Å². The molecule has 0 bridgehead atoms. The second kappa shape index (κ2) is 11.1. The predicted molar refractivity (Wildman–Crippen MR) is 112 cm³/mol. The van der Waals surface area contributed by atoms with Gasteiger partial charge in [-0.1, -0.05) is 62.9 Å². The highest BCUT2D eigenvalue weighted by Gasteiger charge is 2.29. The molecule has 1 atom stereocenters. The molecule has 3 rings (SSSR count). The second-order valence-corrected chi connectivity index (χ2v) is 8.58. The zero-order valence-electron chi connectivity index (χ0n) is 17.0. The fraction of sp³-hybridized carbons (Fsp3) is 0.750. The Labute approximate surface area is 162 Å². The number of nitrogens with zero attached hydrogens (tertiary/aromatic N) is 2. The van der Waals surface area contributed by atoms with Crippen LogP contribution in [0, 0.1) is 5.92 Å². The van der Waals surface area contributed by atoms with Gasteiger partial charge in [-0.3, -0.25) is 9.80 Å². The number of hydrogen-bond acceptors (Lipinski definition) is 2. The summed E-state index contributed by atoms with van der Waals surface area (Å²) in [6.45, 7) is 7.69. The molecule has 26 heavy (non-hydrogen) atoms. The number of benzene rings is 1. The predicted octanol–water partition coefficient (Wildman–Crippen LogP) is 5.72. The van der Waals surface area contributed by atoms with Gasteiger partial charge in [-0.2, -0.15) is 0 Å². The van der Waals surface area contributed by atoms with Crippen molar-refractivity contribution in [3.8, 4) is 0 Å². The molecule has 2 aliphatic heterocycles. The van der Waals surface area contributed by atoms with Crippen LogP contribution in [0.5, 0.6) is 0 Å². The molecule has 1 aromatic carbocycles. The van der Waals surface area contributed by atoms with Gasteiger partial charge in [0.15, 0.2) is 0 Å². The summed E-state index contributed by atoms with van der Waals surface area (Å²) in [6, 6.07) is 11.0. The van der Waals surface area contributed by atoms with Crippen molar-refractivity contribution in [3.05, 3.63) is 35.9 Å². The summed E-state index contributed by atoms with van der Waals surface area (Å²) < 4.78 is 0. The average Bonchev–Trinajstić information content (AvgIpc) is 2.71. The number of hydrogen-bond donors (Lipinski definition) is 0. The van der Waals surface area contributed by atoms with Gasteiger partial charge in [-0.15, -0.1) is 0 Å². The highest BCUT2D eigenvalue weighted by atomic mass is 15.4. The Morgan fingerprint density at radius 1 is 0.885 bits per heavy atom. The molecule has 0 radical (unpaired) electrons. The van der Waals surface area contributed by atoms with Crippen LogP contribution < -0.4 is 0 Å². The molecule has 0 saturated carbocycles. The minimum atomic E-state index is 0.737. The van der Waals surface area contributed by atoms with Crippen molar-refractivity contribution in [2.24, 2.45) is 5.92 Å². The lowest BCUT2D eigenvalue weighted by Crippen LogP contribution is -2.52. The van der Waals surface area contributed by atoms with E-state index in [2.05, 4.69) is 47.1 Å². The van der Waals surface area contributed by atoms with Gasteiger partial charge in [0, 0.05) is 0 Å². The van der Waals surface area contributed by atoms with Gasteiger partial charge in [0.2, 0.25) is 0 Å². The lowest BCUT2D eigenvalue weighted by atomic mass is 9.90. The van der Waals surface area contributed by atoms with E-state index in [4.69, 9.17) is 0 Å². The minimum Gasteiger partial charge on any atom is -0.288 e. The Morgan fingerprint density at radius 2 is 1.58 bits per heavy atom. The molecule has 0 amide bonds. The summed E-state index contributed by atoms with van der Waals surface area (Å²) in [5, 5.41) is 0. The summed E-state index contributed by atoms with van der Waals surface area (Å²) in [5.74, 6) is 0.961. The van der Waals surface area contributed by atoms with Crippen LogP contribution in [-0.2, 0) is 6.42 Å². The molecule has 2 heterocycles. The molecule has 2 fully saturated rings. The molecule has 1 unspecified atom stereocenters. The number of rotatable bonds is 9. The molecule has 0 aromatic heterocycles. The number of likely N-dealkylation sites (tertiary alicyclic amines) is 2. The van der Waals surface area contributed by atoms with E-state index < -0.39 is 0 Å². The van der Waals surface area contributed by atoms with Crippen LogP contribution in [0.3, 0.4) is 0 Å². The summed E-state index contributed by atoms with van der Waals surface area (Å²) in [4.78, 5) is 5.66. The molecule has 0 N–H and O–H groups in total. The van der Waals surface area contributed by atoms with Gasteiger partial charge in [0.05, 0.1) is 6.17 Å². The zero-order chi connectivity index (χ0) is 18.0. The highest BCUT2D eigenvalue weighted by Crippen LogP contribution is 2.27.